The summed E-state index contributed by atoms with van der Waals surface area (Å²) in [6, 6.07) is 5.88. The van der Waals surface area contributed by atoms with E-state index in [4.69, 9.17) is 17.3 Å². The lowest BCUT2D eigenvalue weighted by molar-refractivity contribution is 0.0559. The van der Waals surface area contributed by atoms with Crippen LogP contribution in [0.4, 0.5) is 5.69 Å². The zero-order valence-corrected chi connectivity index (χ0v) is 12.5. The number of aliphatic hydroxyl groups is 1. The third-order valence-electron chi connectivity index (χ3n) is 3.97. The van der Waals surface area contributed by atoms with Crippen LogP contribution < -0.4 is 10.6 Å². The Hall–Kier alpha value is -0.770. The molecule has 3 nitrogen and oxygen atoms in total. The van der Waals surface area contributed by atoms with E-state index in [9.17, 15) is 5.11 Å². The normalized spacial score (nSPS) is 19.4. The Morgan fingerprint density at radius 2 is 2.05 bits per heavy atom. The summed E-state index contributed by atoms with van der Waals surface area (Å²) in [7, 11) is 1.98. The van der Waals surface area contributed by atoms with E-state index in [1.165, 1.54) is 0 Å². The second-order valence-electron chi connectivity index (χ2n) is 5.79. The maximum atomic E-state index is 10.5. The van der Waals surface area contributed by atoms with Gasteiger partial charge in [-0.25, -0.2) is 0 Å². The molecule has 1 fully saturated rings. The molecule has 4 heteroatoms. The molecule has 1 aromatic carbocycles. The van der Waals surface area contributed by atoms with Gasteiger partial charge < -0.3 is 15.7 Å². The Morgan fingerprint density at radius 3 is 2.58 bits per heavy atom. The minimum absolute atomic E-state index is 0.0177. The van der Waals surface area contributed by atoms with E-state index in [-0.39, 0.29) is 6.04 Å². The number of anilines is 1. The molecule has 0 unspecified atom stereocenters. The molecule has 0 aromatic heterocycles. The molecule has 1 aliphatic rings. The third-order valence-corrected chi connectivity index (χ3v) is 4.28. The Bertz CT molecular complexity index is 442. The molecule has 3 N–H and O–H groups in total. The van der Waals surface area contributed by atoms with Crippen molar-refractivity contribution in [3.8, 4) is 0 Å². The first-order valence-corrected chi connectivity index (χ1v) is 7.28. The van der Waals surface area contributed by atoms with Gasteiger partial charge in [-0.15, -0.1) is 0 Å². The second kappa shape index (κ2) is 5.70. The summed E-state index contributed by atoms with van der Waals surface area (Å²) < 4.78 is 0. The van der Waals surface area contributed by atoms with Crippen LogP contribution in [0, 0.1) is 0 Å². The molecule has 1 aromatic rings. The molecule has 0 saturated heterocycles. The van der Waals surface area contributed by atoms with Crippen LogP contribution in [0.25, 0.3) is 0 Å². The van der Waals surface area contributed by atoms with E-state index in [2.05, 4.69) is 0 Å². The summed E-state index contributed by atoms with van der Waals surface area (Å²) in [5.41, 5.74) is 7.27. The zero-order chi connectivity index (χ0) is 14.0. The van der Waals surface area contributed by atoms with Crippen LogP contribution in [0.5, 0.6) is 0 Å². The van der Waals surface area contributed by atoms with Crippen molar-refractivity contribution in [2.75, 3.05) is 18.5 Å². The molecule has 0 spiro atoms. The van der Waals surface area contributed by atoms with Crippen LogP contribution in [0.3, 0.4) is 0 Å². The maximum Gasteiger partial charge on any atom is 0.0821 e. The summed E-state index contributed by atoms with van der Waals surface area (Å²) in [4.78, 5) is 2.04. The van der Waals surface area contributed by atoms with Gasteiger partial charge in [-0.1, -0.05) is 30.5 Å². The molecule has 0 radical (unpaired) electrons. The quantitative estimate of drug-likeness (QED) is 0.892. The van der Waals surface area contributed by atoms with Crippen molar-refractivity contribution in [2.24, 2.45) is 5.73 Å². The predicted octanol–water partition coefficient (Wildman–Crippen LogP) is 3.10. The molecule has 106 valence electrons. The fourth-order valence-corrected chi connectivity index (χ4v) is 3.17. The van der Waals surface area contributed by atoms with Gasteiger partial charge in [0, 0.05) is 19.6 Å². The summed E-state index contributed by atoms with van der Waals surface area (Å²) >= 11 is 6.32. The van der Waals surface area contributed by atoms with E-state index in [0.717, 1.165) is 36.9 Å². The van der Waals surface area contributed by atoms with Crippen molar-refractivity contribution in [3.63, 3.8) is 0 Å². The Morgan fingerprint density at radius 1 is 1.42 bits per heavy atom. The summed E-state index contributed by atoms with van der Waals surface area (Å²) in [5.74, 6) is 0. The number of nitrogens with two attached hydrogens (primary N) is 1. The summed E-state index contributed by atoms with van der Waals surface area (Å²) in [6.45, 7) is 2.57. The van der Waals surface area contributed by atoms with E-state index in [1.54, 1.807) is 0 Å². The van der Waals surface area contributed by atoms with Crippen molar-refractivity contribution in [2.45, 2.75) is 44.2 Å². The van der Waals surface area contributed by atoms with Gasteiger partial charge in [0.15, 0.2) is 0 Å². The molecule has 2 rings (SSSR count). The number of halogens is 1. The molecule has 1 aliphatic carbocycles. The maximum absolute atomic E-state index is 10.5. The van der Waals surface area contributed by atoms with Crippen LogP contribution in [-0.2, 0) is 0 Å². The monoisotopic (exact) mass is 282 g/mol. The summed E-state index contributed by atoms with van der Waals surface area (Å²) in [5, 5.41) is 11.1. The lowest BCUT2D eigenvalue weighted by Gasteiger charge is -2.30. The van der Waals surface area contributed by atoms with E-state index >= 15 is 0 Å². The largest absolute Gasteiger partial charge is 0.388 e. The Balaban J connectivity index is 2.12. The van der Waals surface area contributed by atoms with Gasteiger partial charge in [0.2, 0.25) is 0 Å². The third kappa shape index (κ3) is 3.41. The van der Waals surface area contributed by atoms with Crippen LogP contribution in [0.2, 0.25) is 5.02 Å². The highest BCUT2D eigenvalue weighted by Crippen LogP contribution is 2.33. The molecule has 1 saturated carbocycles. The number of hydrogen-bond donors (Lipinski definition) is 2. The smallest absolute Gasteiger partial charge is 0.0821 e. The minimum atomic E-state index is -0.558. The van der Waals surface area contributed by atoms with Gasteiger partial charge in [-0.05, 0) is 37.5 Å². The van der Waals surface area contributed by atoms with Crippen molar-refractivity contribution in [1.82, 2.24) is 0 Å². The van der Waals surface area contributed by atoms with Crippen molar-refractivity contribution in [3.05, 3.63) is 28.8 Å². The highest BCUT2D eigenvalue weighted by Gasteiger charge is 2.32. The van der Waals surface area contributed by atoms with Crippen LogP contribution >= 0.6 is 11.6 Å². The zero-order valence-electron chi connectivity index (χ0n) is 11.7. The van der Waals surface area contributed by atoms with E-state index < -0.39 is 5.60 Å². The predicted molar refractivity (Wildman–Crippen MR) is 80.7 cm³/mol. The number of benzene rings is 1. The first-order chi connectivity index (χ1) is 8.91. The number of nitrogens with zero attached hydrogens (tertiary/aromatic N) is 1. The van der Waals surface area contributed by atoms with Gasteiger partial charge in [-0.3, -0.25) is 0 Å². The average molecular weight is 283 g/mol. The fraction of sp³-hybridized carbons (Fsp3) is 0.600. The standard InChI is InChI=1S/C15H23ClN2O/c1-11(17)12-5-6-14(13(16)9-12)18(2)10-15(19)7-3-4-8-15/h5-6,9,11,19H,3-4,7-8,10,17H2,1-2H3/t11-/m0/s1. The van der Waals surface area contributed by atoms with Crippen LogP contribution in [0.1, 0.15) is 44.2 Å². The Kier molecular flexibility index (Phi) is 4.39. The highest BCUT2D eigenvalue weighted by atomic mass is 35.5. The molecule has 19 heavy (non-hydrogen) atoms. The van der Waals surface area contributed by atoms with Gasteiger partial charge in [-0.2, -0.15) is 0 Å². The van der Waals surface area contributed by atoms with Crippen LogP contribution in [0.15, 0.2) is 18.2 Å². The molecule has 0 bridgehead atoms. The topological polar surface area (TPSA) is 49.5 Å². The molecular formula is C15H23ClN2O. The van der Waals surface area contributed by atoms with E-state index in [0.29, 0.717) is 11.6 Å². The summed E-state index contributed by atoms with van der Waals surface area (Å²) in [6.07, 6.45) is 3.99. The Labute approximate surface area is 120 Å². The van der Waals surface area contributed by atoms with Crippen molar-refractivity contribution >= 4 is 17.3 Å². The van der Waals surface area contributed by atoms with E-state index in [1.807, 2.05) is 37.1 Å². The highest BCUT2D eigenvalue weighted by molar-refractivity contribution is 6.33. The van der Waals surface area contributed by atoms with Gasteiger partial charge in [0.1, 0.15) is 0 Å². The van der Waals surface area contributed by atoms with Gasteiger partial charge in [0.25, 0.3) is 0 Å². The number of likely N-dealkylation sites (N-methyl/N-ethyl adjacent to an activating group) is 1. The second-order valence-corrected chi connectivity index (χ2v) is 6.19. The first-order valence-electron chi connectivity index (χ1n) is 6.90. The number of hydrogen-bond acceptors (Lipinski definition) is 3. The first kappa shape index (κ1) is 14.6. The number of rotatable bonds is 4. The molecule has 1 atom stereocenters. The average Bonchev–Trinajstić information content (AvgIpc) is 2.75. The lowest BCUT2D eigenvalue weighted by Crippen LogP contribution is -2.39. The molecule has 0 amide bonds. The minimum Gasteiger partial charge on any atom is -0.388 e. The lowest BCUT2D eigenvalue weighted by atomic mass is 10.0. The molecule has 0 aliphatic heterocycles. The van der Waals surface area contributed by atoms with Gasteiger partial charge in [0.05, 0.1) is 16.3 Å². The fourth-order valence-electron chi connectivity index (χ4n) is 2.83. The van der Waals surface area contributed by atoms with Crippen LogP contribution in [-0.4, -0.2) is 24.3 Å². The van der Waals surface area contributed by atoms with Crippen molar-refractivity contribution in [1.29, 1.82) is 0 Å². The SMILES string of the molecule is C[C@H](N)c1ccc(N(C)CC2(O)CCCC2)c(Cl)c1. The van der Waals surface area contributed by atoms with Gasteiger partial charge >= 0.3 is 0 Å². The molecular weight excluding hydrogens is 260 g/mol. The molecule has 0 heterocycles. The van der Waals surface area contributed by atoms with Crippen molar-refractivity contribution < 1.29 is 5.11 Å².